The number of hydrogen-bond donors (Lipinski definition) is 1. The van der Waals surface area contributed by atoms with E-state index in [-0.39, 0.29) is 17.6 Å². The van der Waals surface area contributed by atoms with E-state index in [1.807, 2.05) is 32.3 Å². The van der Waals surface area contributed by atoms with Gasteiger partial charge in [-0.1, -0.05) is 13.0 Å². The van der Waals surface area contributed by atoms with Gasteiger partial charge < -0.3 is 10.1 Å². The van der Waals surface area contributed by atoms with Crippen LogP contribution in [0.4, 0.5) is 4.39 Å². The van der Waals surface area contributed by atoms with Gasteiger partial charge in [-0.3, -0.25) is 4.68 Å². The molecule has 0 aliphatic rings. The summed E-state index contributed by atoms with van der Waals surface area (Å²) in [5.74, 6) is -0.0622. The summed E-state index contributed by atoms with van der Waals surface area (Å²) < 4.78 is 20.4. The van der Waals surface area contributed by atoms with Crippen LogP contribution in [-0.2, 0) is 13.5 Å². The van der Waals surface area contributed by atoms with Crippen LogP contribution in [0.3, 0.4) is 0 Å². The van der Waals surface area contributed by atoms with Crippen molar-refractivity contribution in [2.24, 2.45) is 7.05 Å². The molecule has 1 N–H and O–H groups in total. The third-order valence-corrected chi connectivity index (χ3v) is 3.20. The van der Waals surface area contributed by atoms with E-state index in [1.165, 1.54) is 13.2 Å². The van der Waals surface area contributed by atoms with Gasteiger partial charge in [-0.25, -0.2) is 4.39 Å². The van der Waals surface area contributed by atoms with Gasteiger partial charge in [0.05, 0.1) is 18.8 Å². The van der Waals surface area contributed by atoms with Gasteiger partial charge in [-0.05, 0) is 36.7 Å². The predicted octanol–water partition coefficient (Wildman–Crippen LogP) is 2.46. The molecule has 0 saturated carbocycles. The van der Waals surface area contributed by atoms with Crippen molar-refractivity contribution >= 4 is 0 Å². The van der Waals surface area contributed by atoms with E-state index in [9.17, 15) is 4.39 Å². The lowest BCUT2D eigenvalue weighted by molar-refractivity contribution is 0.386. The predicted molar refractivity (Wildman–Crippen MR) is 76.3 cm³/mol. The van der Waals surface area contributed by atoms with Gasteiger partial charge in [0.1, 0.15) is 0 Å². The normalized spacial score (nSPS) is 12.4. The van der Waals surface area contributed by atoms with Crippen molar-refractivity contribution in [1.29, 1.82) is 0 Å². The first-order valence-electron chi connectivity index (χ1n) is 6.69. The molecule has 1 atom stereocenters. The number of aryl methyl sites for hydroxylation is 1. The molecule has 1 aromatic carbocycles. The lowest BCUT2D eigenvalue weighted by atomic mass is 10.0. The first kappa shape index (κ1) is 14.5. The van der Waals surface area contributed by atoms with Crippen molar-refractivity contribution in [2.45, 2.75) is 19.4 Å². The minimum Gasteiger partial charge on any atom is -0.494 e. The number of nitrogens with one attached hydrogen (secondary N) is 1. The second-order valence-corrected chi connectivity index (χ2v) is 4.70. The van der Waals surface area contributed by atoms with E-state index in [0.29, 0.717) is 6.42 Å². The zero-order chi connectivity index (χ0) is 14.5. The molecule has 108 valence electrons. The van der Waals surface area contributed by atoms with Crippen LogP contribution in [-0.4, -0.2) is 23.4 Å². The summed E-state index contributed by atoms with van der Waals surface area (Å²) in [5, 5.41) is 7.80. The van der Waals surface area contributed by atoms with Crippen LogP contribution in [0.5, 0.6) is 5.75 Å². The minimum atomic E-state index is -0.332. The lowest BCUT2D eigenvalue weighted by Crippen LogP contribution is -2.23. The maximum atomic E-state index is 13.7. The van der Waals surface area contributed by atoms with Crippen LogP contribution in [0.1, 0.15) is 24.2 Å². The second kappa shape index (κ2) is 6.52. The number of nitrogens with zero attached hydrogens (tertiary/aromatic N) is 2. The zero-order valence-electron chi connectivity index (χ0n) is 12.1. The van der Waals surface area contributed by atoms with E-state index in [1.54, 1.807) is 10.7 Å². The quantitative estimate of drug-likeness (QED) is 0.881. The Morgan fingerprint density at radius 1 is 1.40 bits per heavy atom. The van der Waals surface area contributed by atoms with E-state index in [4.69, 9.17) is 4.74 Å². The molecule has 0 fully saturated rings. The van der Waals surface area contributed by atoms with E-state index < -0.39 is 0 Å². The molecule has 0 radical (unpaired) electrons. The summed E-state index contributed by atoms with van der Waals surface area (Å²) in [7, 11) is 3.35. The van der Waals surface area contributed by atoms with Crippen LogP contribution in [0.2, 0.25) is 0 Å². The molecule has 1 aromatic heterocycles. The topological polar surface area (TPSA) is 39.1 Å². The molecular formula is C15H20FN3O. The van der Waals surface area contributed by atoms with Gasteiger partial charge in [0, 0.05) is 13.2 Å². The standard InChI is InChI=1S/C15H20FN3O/c1-4-17-14(13-7-8-19(2)18-13)10-11-5-6-15(20-3)12(16)9-11/h5-9,14,17H,4,10H2,1-3H3. The average molecular weight is 277 g/mol. The largest absolute Gasteiger partial charge is 0.494 e. The third kappa shape index (κ3) is 3.36. The lowest BCUT2D eigenvalue weighted by Gasteiger charge is -2.16. The molecular weight excluding hydrogens is 257 g/mol. The Morgan fingerprint density at radius 2 is 2.20 bits per heavy atom. The summed E-state index contributed by atoms with van der Waals surface area (Å²) in [6, 6.07) is 7.12. The fourth-order valence-electron chi connectivity index (χ4n) is 2.22. The molecule has 4 nitrogen and oxygen atoms in total. The number of benzene rings is 1. The summed E-state index contributed by atoms with van der Waals surface area (Å²) in [4.78, 5) is 0. The van der Waals surface area contributed by atoms with Gasteiger partial charge in [0.2, 0.25) is 0 Å². The molecule has 1 unspecified atom stereocenters. The fourth-order valence-corrected chi connectivity index (χ4v) is 2.22. The molecule has 0 spiro atoms. The van der Waals surface area contributed by atoms with Crippen LogP contribution in [0, 0.1) is 5.82 Å². The maximum absolute atomic E-state index is 13.7. The van der Waals surface area contributed by atoms with Crippen molar-refractivity contribution in [3.05, 3.63) is 47.5 Å². The highest BCUT2D eigenvalue weighted by Gasteiger charge is 2.15. The van der Waals surface area contributed by atoms with Gasteiger partial charge in [0.15, 0.2) is 11.6 Å². The molecule has 20 heavy (non-hydrogen) atoms. The number of methoxy groups -OCH3 is 1. The molecule has 1 heterocycles. The smallest absolute Gasteiger partial charge is 0.165 e. The number of rotatable bonds is 6. The Kier molecular flexibility index (Phi) is 4.74. The van der Waals surface area contributed by atoms with Crippen LogP contribution in [0.25, 0.3) is 0 Å². The van der Waals surface area contributed by atoms with Crippen LogP contribution < -0.4 is 10.1 Å². The Morgan fingerprint density at radius 3 is 2.75 bits per heavy atom. The maximum Gasteiger partial charge on any atom is 0.165 e. The highest BCUT2D eigenvalue weighted by atomic mass is 19.1. The number of likely N-dealkylation sites (N-methyl/N-ethyl adjacent to an activating group) is 1. The molecule has 5 heteroatoms. The molecule has 0 saturated heterocycles. The van der Waals surface area contributed by atoms with Gasteiger partial charge in [0.25, 0.3) is 0 Å². The highest BCUT2D eigenvalue weighted by molar-refractivity contribution is 5.30. The summed E-state index contributed by atoms with van der Waals surface area (Å²) in [5.41, 5.74) is 1.88. The number of halogens is 1. The van der Waals surface area contributed by atoms with E-state index in [0.717, 1.165) is 17.8 Å². The summed E-state index contributed by atoms with van der Waals surface area (Å²) in [6.45, 7) is 2.88. The number of ether oxygens (including phenoxy) is 1. The van der Waals surface area contributed by atoms with Crippen LogP contribution in [0.15, 0.2) is 30.5 Å². The van der Waals surface area contributed by atoms with E-state index in [2.05, 4.69) is 10.4 Å². The SMILES string of the molecule is CCNC(Cc1ccc(OC)c(F)c1)c1ccn(C)n1. The first-order chi connectivity index (χ1) is 9.63. The molecule has 2 rings (SSSR count). The molecule has 0 amide bonds. The average Bonchev–Trinajstić information content (AvgIpc) is 2.85. The molecule has 0 aliphatic heterocycles. The van der Waals surface area contributed by atoms with Crippen molar-refractivity contribution < 1.29 is 9.13 Å². The Hall–Kier alpha value is -1.88. The second-order valence-electron chi connectivity index (χ2n) is 4.70. The zero-order valence-corrected chi connectivity index (χ0v) is 12.1. The van der Waals surface area contributed by atoms with Crippen molar-refractivity contribution in [3.63, 3.8) is 0 Å². The number of aromatic nitrogens is 2. The van der Waals surface area contributed by atoms with Crippen molar-refractivity contribution in [1.82, 2.24) is 15.1 Å². The summed E-state index contributed by atoms with van der Waals surface area (Å²) in [6.07, 6.45) is 2.60. The van der Waals surface area contributed by atoms with Gasteiger partial charge in [-0.15, -0.1) is 0 Å². The Labute approximate surface area is 118 Å². The van der Waals surface area contributed by atoms with Crippen molar-refractivity contribution in [2.75, 3.05) is 13.7 Å². The minimum absolute atomic E-state index is 0.0778. The van der Waals surface area contributed by atoms with Crippen molar-refractivity contribution in [3.8, 4) is 5.75 Å². The molecule has 2 aromatic rings. The highest BCUT2D eigenvalue weighted by Crippen LogP contribution is 2.22. The monoisotopic (exact) mass is 277 g/mol. The Balaban J connectivity index is 2.17. The first-order valence-corrected chi connectivity index (χ1v) is 6.69. The number of hydrogen-bond acceptors (Lipinski definition) is 3. The van der Waals surface area contributed by atoms with Crippen LogP contribution >= 0.6 is 0 Å². The third-order valence-electron chi connectivity index (χ3n) is 3.20. The van der Waals surface area contributed by atoms with E-state index >= 15 is 0 Å². The fraction of sp³-hybridized carbons (Fsp3) is 0.400. The van der Waals surface area contributed by atoms with Gasteiger partial charge in [-0.2, -0.15) is 5.10 Å². The molecule has 0 bridgehead atoms. The Bertz CT molecular complexity index is 568. The summed E-state index contributed by atoms with van der Waals surface area (Å²) >= 11 is 0. The van der Waals surface area contributed by atoms with Gasteiger partial charge >= 0.3 is 0 Å². The molecule has 0 aliphatic carbocycles.